The van der Waals surface area contributed by atoms with Crippen LogP contribution in [0, 0.1) is 10.1 Å². The Hall–Kier alpha value is -1.83. The lowest BCUT2D eigenvalue weighted by Gasteiger charge is -2.36. The van der Waals surface area contributed by atoms with Crippen LogP contribution in [0.1, 0.15) is 13.3 Å². The van der Waals surface area contributed by atoms with E-state index in [4.69, 9.17) is 9.94 Å². The van der Waals surface area contributed by atoms with Gasteiger partial charge in [-0.3, -0.25) is 15.0 Å². The van der Waals surface area contributed by atoms with Gasteiger partial charge in [0.25, 0.3) is 0 Å². The number of nitro groups is 1. The van der Waals surface area contributed by atoms with Crippen molar-refractivity contribution in [1.82, 2.24) is 9.96 Å². The second-order valence-electron chi connectivity index (χ2n) is 3.45. The average Bonchev–Trinajstić information content (AvgIpc) is 2.28. The number of aliphatic carboxylic acids is 1. The minimum atomic E-state index is -1.56. The molecule has 8 heteroatoms. The molecule has 0 aromatic heterocycles. The van der Waals surface area contributed by atoms with E-state index in [1.807, 2.05) is 0 Å². The number of nitrogens with zero attached hydrogens (tertiary/aromatic N) is 3. The topological polar surface area (TPSA) is 96.2 Å². The fraction of sp³-hybridized carbons (Fsp3) is 0.667. The zero-order valence-corrected chi connectivity index (χ0v) is 9.75. The van der Waals surface area contributed by atoms with Gasteiger partial charge in [-0.05, 0) is 13.3 Å². The van der Waals surface area contributed by atoms with Crippen molar-refractivity contribution in [3.63, 3.8) is 0 Å². The van der Waals surface area contributed by atoms with Crippen molar-refractivity contribution in [2.45, 2.75) is 13.3 Å². The molecule has 1 saturated heterocycles. The number of carboxylic acid groups (broad SMARTS) is 1. The standard InChI is InChI=1S/C9H15N3O5/c1-3-10-5-4-6-11(17-2)8(10)7(9(13)14)12(15)16/h3-6H2,1-2H3,(H,13,14). The van der Waals surface area contributed by atoms with Crippen molar-refractivity contribution in [2.24, 2.45) is 0 Å². The molecule has 0 amide bonds. The molecule has 0 aromatic rings. The first kappa shape index (κ1) is 13.2. The molecule has 1 heterocycles. The second kappa shape index (κ2) is 5.48. The second-order valence-corrected chi connectivity index (χ2v) is 3.45. The molecule has 0 spiro atoms. The van der Waals surface area contributed by atoms with Gasteiger partial charge >= 0.3 is 11.7 Å². The van der Waals surface area contributed by atoms with E-state index < -0.39 is 16.6 Å². The number of hydroxylamine groups is 2. The monoisotopic (exact) mass is 245 g/mol. The van der Waals surface area contributed by atoms with Crippen LogP contribution in [0.4, 0.5) is 0 Å². The Morgan fingerprint density at radius 1 is 1.59 bits per heavy atom. The van der Waals surface area contributed by atoms with E-state index in [0.717, 1.165) is 6.42 Å². The Morgan fingerprint density at radius 2 is 2.24 bits per heavy atom. The Balaban J connectivity index is 3.27. The van der Waals surface area contributed by atoms with E-state index in [0.29, 0.717) is 19.6 Å². The zero-order chi connectivity index (χ0) is 13.0. The van der Waals surface area contributed by atoms with Gasteiger partial charge in [0.15, 0.2) is 0 Å². The smallest absolute Gasteiger partial charge is 0.411 e. The fourth-order valence-corrected chi connectivity index (χ4v) is 1.78. The van der Waals surface area contributed by atoms with E-state index in [1.54, 1.807) is 11.8 Å². The third-order valence-electron chi connectivity index (χ3n) is 2.52. The molecule has 0 aliphatic carbocycles. The van der Waals surface area contributed by atoms with Crippen LogP contribution in [0.3, 0.4) is 0 Å². The highest BCUT2D eigenvalue weighted by Crippen LogP contribution is 2.21. The summed E-state index contributed by atoms with van der Waals surface area (Å²) in [6.07, 6.45) is 0.760. The number of carboxylic acids is 1. The first-order valence-electron chi connectivity index (χ1n) is 5.21. The predicted octanol–water partition coefficient (Wildman–Crippen LogP) is 0.106. The van der Waals surface area contributed by atoms with Crippen molar-refractivity contribution in [3.8, 4) is 0 Å². The normalized spacial score (nSPS) is 19.2. The van der Waals surface area contributed by atoms with Crippen molar-refractivity contribution >= 4 is 5.97 Å². The van der Waals surface area contributed by atoms with Gasteiger partial charge in [0.05, 0.1) is 12.0 Å². The molecule has 0 aromatic carbocycles. The third kappa shape index (κ3) is 2.64. The Kier molecular flexibility index (Phi) is 4.27. The van der Waals surface area contributed by atoms with Gasteiger partial charge in [-0.15, -0.1) is 0 Å². The van der Waals surface area contributed by atoms with Crippen LogP contribution in [0.2, 0.25) is 0 Å². The summed E-state index contributed by atoms with van der Waals surface area (Å²) in [7, 11) is 1.36. The Bertz CT molecular complexity index is 325. The highest BCUT2D eigenvalue weighted by molar-refractivity contribution is 5.84. The number of rotatable bonds is 4. The van der Waals surface area contributed by atoms with Crippen LogP contribution < -0.4 is 0 Å². The summed E-state index contributed by atoms with van der Waals surface area (Å²) in [5, 5.41) is 21.0. The van der Waals surface area contributed by atoms with Crippen LogP contribution in [0.5, 0.6) is 0 Å². The summed E-state index contributed by atoms with van der Waals surface area (Å²) in [6, 6.07) is 0. The third-order valence-corrected chi connectivity index (χ3v) is 2.52. The maximum Gasteiger partial charge on any atom is 0.411 e. The van der Waals surface area contributed by atoms with Gasteiger partial charge in [-0.1, -0.05) is 0 Å². The molecule has 0 bridgehead atoms. The lowest BCUT2D eigenvalue weighted by Crippen LogP contribution is -2.44. The zero-order valence-electron chi connectivity index (χ0n) is 9.75. The van der Waals surface area contributed by atoms with E-state index in [1.165, 1.54) is 12.2 Å². The van der Waals surface area contributed by atoms with E-state index in [-0.39, 0.29) is 5.82 Å². The molecule has 17 heavy (non-hydrogen) atoms. The Labute approximate surface area is 98.2 Å². The lowest BCUT2D eigenvalue weighted by molar-refractivity contribution is -0.426. The number of hydrogen-bond donors (Lipinski definition) is 1. The summed E-state index contributed by atoms with van der Waals surface area (Å²) in [4.78, 5) is 27.5. The van der Waals surface area contributed by atoms with Gasteiger partial charge in [-0.2, -0.15) is 0 Å². The summed E-state index contributed by atoms with van der Waals surface area (Å²) in [5.74, 6) is -1.55. The lowest BCUT2D eigenvalue weighted by atomic mass is 10.2. The van der Waals surface area contributed by atoms with Crippen LogP contribution in [0.15, 0.2) is 11.5 Å². The van der Waals surface area contributed by atoms with Crippen LogP contribution in [0.25, 0.3) is 0 Å². The summed E-state index contributed by atoms with van der Waals surface area (Å²) in [5.41, 5.74) is -0.853. The van der Waals surface area contributed by atoms with Gasteiger partial charge in [-0.25, -0.2) is 9.86 Å². The maximum absolute atomic E-state index is 11.0. The highest BCUT2D eigenvalue weighted by Gasteiger charge is 2.36. The van der Waals surface area contributed by atoms with E-state index in [9.17, 15) is 14.9 Å². The molecule has 0 radical (unpaired) electrons. The molecule has 0 saturated carbocycles. The Morgan fingerprint density at radius 3 is 2.65 bits per heavy atom. The van der Waals surface area contributed by atoms with Gasteiger partial charge in [0.2, 0.25) is 5.82 Å². The van der Waals surface area contributed by atoms with Crippen LogP contribution in [-0.4, -0.2) is 52.7 Å². The molecule has 1 aliphatic rings. The van der Waals surface area contributed by atoms with Crippen molar-refractivity contribution in [1.29, 1.82) is 0 Å². The molecule has 0 atom stereocenters. The van der Waals surface area contributed by atoms with Crippen molar-refractivity contribution in [2.75, 3.05) is 26.7 Å². The summed E-state index contributed by atoms with van der Waals surface area (Å²) >= 11 is 0. The molecule has 96 valence electrons. The SMILES string of the molecule is CCN1CCCN(OC)C1=C(C(=O)O)[N+](=O)[O-]. The van der Waals surface area contributed by atoms with Crippen molar-refractivity contribution in [3.05, 3.63) is 21.6 Å². The average molecular weight is 245 g/mol. The molecule has 1 fully saturated rings. The summed E-state index contributed by atoms with van der Waals surface area (Å²) in [6.45, 7) is 3.31. The maximum atomic E-state index is 11.0. The fourth-order valence-electron chi connectivity index (χ4n) is 1.78. The van der Waals surface area contributed by atoms with Crippen molar-refractivity contribution < 1.29 is 19.7 Å². The largest absolute Gasteiger partial charge is 0.473 e. The highest BCUT2D eigenvalue weighted by atomic mass is 16.7. The quantitative estimate of drug-likeness (QED) is 0.426. The van der Waals surface area contributed by atoms with Crippen LogP contribution in [-0.2, 0) is 9.63 Å². The molecule has 1 aliphatic heterocycles. The van der Waals surface area contributed by atoms with Gasteiger partial charge in [0, 0.05) is 19.6 Å². The molecular formula is C9H15N3O5. The van der Waals surface area contributed by atoms with Gasteiger partial charge < -0.3 is 10.0 Å². The van der Waals surface area contributed by atoms with E-state index >= 15 is 0 Å². The minimum Gasteiger partial charge on any atom is -0.473 e. The number of carbonyl (C=O) groups is 1. The molecule has 1 rings (SSSR count). The predicted molar refractivity (Wildman–Crippen MR) is 57.2 cm³/mol. The number of hydrogen-bond acceptors (Lipinski definition) is 6. The molecule has 1 N–H and O–H groups in total. The minimum absolute atomic E-state index is 0.0127. The first-order valence-corrected chi connectivity index (χ1v) is 5.21. The van der Waals surface area contributed by atoms with Gasteiger partial charge in [0.1, 0.15) is 0 Å². The molecule has 0 unspecified atom stereocenters. The van der Waals surface area contributed by atoms with E-state index in [2.05, 4.69) is 0 Å². The first-order chi connectivity index (χ1) is 8.02. The summed E-state index contributed by atoms with van der Waals surface area (Å²) < 4.78 is 0. The molecule has 8 nitrogen and oxygen atoms in total. The molecular weight excluding hydrogens is 230 g/mol. The van der Waals surface area contributed by atoms with Crippen LogP contribution >= 0.6 is 0 Å².